The van der Waals surface area contributed by atoms with Crippen molar-refractivity contribution in [2.75, 3.05) is 6.61 Å². The largest absolute Gasteiger partial charge is 0.492 e. The summed E-state index contributed by atoms with van der Waals surface area (Å²) in [7, 11) is 0. The maximum atomic E-state index is 13.8. The van der Waals surface area contributed by atoms with E-state index in [2.05, 4.69) is 4.98 Å². The van der Waals surface area contributed by atoms with Crippen molar-refractivity contribution in [1.29, 1.82) is 0 Å². The summed E-state index contributed by atoms with van der Waals surface area (Å²) >= 11 is 0. The van der Waals surface area contributed by atoms with E-state index in [1.165, 1.54) is 12.3 Å². The summed E-state index contributed by atoms with van der Waals surface area (Å²) in [6.07, 6.45) is 2.02. The van der Waals surface area contributed by atoms with Crippen LogP contribution in [-0.2, 0) is 0 Å². The minimum atomic E-state index is -1.05. The summed E-state index contributed by atoms with van der Waals surface area (Å²) in [5.74, 6) is 0.140. The Kier molecular flexibility index (Phi) is 4.12. The molecule has 1 atom stereocenters. The van der Waals surface area contributed by atoms with Crippen LogP contribution in [0.1, 0.15) is 29.7 Å². The third-order valence-electron chi connectivity index (χ3n) is 2.81. The van der Waals surface area contributed by atoms with Crippen LogP contribution in [0, 0.1) is 12.7 Å². The first-order valence-corrected chi connectivity index (χ1v) is 6.13. The number of aliphatic hydroxyl groups excluding tert-OH is 1. The van der Waals surface area contributed by atoms with Crippen molar-refractivity contribution in [3.63, 3.8) is 0 Å². The molecular formula is C15H16FNO2. The summed E-state index contributed by atoms with van der Waals surface area (Å²) in [6.45, 7) is 4.18. The van der Waals surface area contributed by atoms with E-state index < -0.39 is 11.9 Å². The average Bonchev–Trinajstić information content (AvgIpc) is 2.39. The lowest BCUT2D eigenvalue weighted by atomic mass is 10.0. The maximum Gasteiger partial charge on any atom is 0.137 e. The molecule has 0 aliphatic carbocycles. The van der Waals surface area contributed by atoms with Crippen molar-refractivity contribution < 1.29 is 14.2 Å². The molecule has 19 heavy (non-hydrogen) atoms. The average molecular weight is 261 g/mol. The lowest BCUT2D eigenvalue weighted by Crippen LogP contribution is -2.04. The molecule has 1 unspecified atom stereocenters. The molecule has 1 N–H and O–H groups in total. The fraction of sp³-hybridized carbons (Fsp3) is 0.267. The number of halogens is 1. The van der Waals surface area contributed by atoms with Crippen molar-refractivity contribution in [3.8, 4) is 5.75 Å². The van der Waals surface area contributed by atoms with E-state index in [0.29, 0.717) is 17.9 Å². The maximum absolute atomic E-state index is 13.8. The van der Waals surface area contributed by atoms with E-state index in [4.69, 9.17) is 4.74 Å². The van der Waals surface area contributed by atoms with Gasteiger partial charge in [0.2, 0.25) is 0 Å². The second kappa shape index (κ2) is 5.80. The van der Waals surface area contributed by atoms with E-state index in [1.807, 2.05) is 6.92 Å². The van der Waals surface area contributed by atoms with Gasteiger partial charge in [-0.25, -0.2) is 4.39 Å². The first kappa shape index (κ1) is 13.5. The number of aryl methyl sites for hydroxylation is 1. The van der Waals surface area contributed by atoms with E-state index in [-0.39, 0.29) is 5.56 Å². The van der Waals surface area contributed by atoms with Crippen LogP contribution in [0.4, 0.5) is 4.39 Å². The van der Waals surface area contributed by atoms with Gasteiger partial charge >= 0.3 is 0 Å². The van der Waals surface area contributed by atoms with Crippen molar-refractivity contribution in [2.24, 2.45) is 0 Å². The molecule has 1 aromatic heterocycles. The number of aromatic nitrogens is 1. The molecule has 4 heteroatoms. The summed E-state index contributed by atoms with van der Waals surface area (Å²) < 4.78 is 19.1. The smallest absolute Gasteiger partial charge is 0.137 e. The Labute approximate surface area is 111 Å². The van der Waals surface area contributed by atoms with E-state index in [1.54, 1.807) is 31.3 Å². The number of aliphatic hydroxyl groups is 1. The molecule has 1 heterocycles. The first-order chi connectivity index (χ1) is 9.11. The number of nitrogens with zero attached hydrogens (tertiary/aromatic N) is 1. The fourth-order valence-electron chi connectivity index (χ4n) is 1.86. The quantitative estimate of drug-likeness (QED) is 0.920. The highest BCUT2D eigenvalue weighted by atomic mass is 19.1. The second-order valence-corrected chi connectivity index (χ2v) is 4.31. The number of hydrogen-bond donors (Lipinski definition) is 1. The fourth-order valence-corrected chi connectivity index (χ4v) is 1.86. The van der Waals surface area contributed by atoms with Gasteiger partial charge < -0.3 is 9.84 Å². The summed E-state index contributed by atoms with van der Waals surface area (Å²) in [4.78, 5) is 3.99. The van der Waals surface area contributed by atoms with Crippen LogP contribution < -0.4 is 4.74 Å². The molecule has 100 valence electrons. The Morgan fingerprint density at radius 2 is 2.11 bits per heavy atom. The molecule has 0 aliphatic heterocycles. The zero-order chi connectivity index (χ0) is 13.8. The molecule has 0 amide bonds. The molecule has 0 radical (unpaired) electrons. The van der Waals surface area contributed by atoms with Gasteiger partial charge in [-0.05, 0) is 31.5 Å². The monoisotopic (exact) mass is 261 g/mol. The van der Waals surface area contributed by atoms with Gasteiger partial charge in [0.05, 0.1) is 12.8 Å². The zero-order valence-electron chi connectivity index (χ0n) is 10.9. The Hall–Kier alpha value is -1.94. The Balaban J connectivity index is 2.32. The molecule has 2 rings (SSSR count). The number of hydrogen-bond acceptors (Lipinski definition) is 3. The first-order valence-electron chi connectivity index (χ1n) is 6.13. The van der Waals surface area contributed by atoms with Gasteiger partial charge in [0.1, 0.15) is 17.7 Å². The van der Waals surface area contributed by atoms with Gasteiger partial charge in [0.15, 0.2) is 0 Å². The summed E-state index contributed by atoms with van der Waals surface area (Å²) in [5, 5.41) is 10.2. The molecule has 0 saturated carbocycles. The minimum Gasteiger partial charge on any atom is -0.492 e. The normalized spacial score (nSPS) is 12.2. The molecule has 2 aromatic rings. The Bertz CT molecular complexity index is 572. The number of benzene rings is 1. The van der Waals surface area contributed by atoms with Crippen LogP contribution in [0.3, 0.4) is 0 Å². The van der Waals surface area contributed by atoms with E-state index in [0.717, 1.165) is 5.56 Å². The Morgan fingerprint density at radius 1 is 1.32 bits per heavy atom. The molecule has 0 aliphatic rings. The highest BCUT2D eigenvalue weighted by molar-refractivity contribution is 5.34. The highest BCUT2D eigenvalue weighted by Crippen LogP contribution is 2.26. The van der Waals surface area contributed by atoms with Crippen LogP contribution in [0.2, 0.25) is 0 Å². The van der Waals surface area contributed by atoms with Gasteiger partial charge in [-0.15, -0.1) is 0 Å². The van der Waals surface area contributed by atoms with Gasteiger partial charge in [-0.2, -0.15) is 0 Å². The summed E-state index contributed by atoms with van der Waals surface area (Å²) in [5.41, 5.74) is 1.56. The van der Waals surface area contributed by atoms with E-state index in [9.17, 15) is 9.50 Å². The van der Waals surface area contributed by atoms with Crippen molar-refractivity contribution in [3.05, 3.63) is 59.2 Å². The third-order valence-corrected chi connectivity index (χ3v) is 2.81. The topological polar surface area (TPSA) is 42.4 Å². The van der Waals surface area contributed by atoms with Gasteiger partial charge in [-0.3, -0.25) is 4.98 Å². The molecular weight excluding hydrogens is 245 g/mol. The second-order valence-electron chi connectivity index (χ2n) is 4.31. The zero-order valence-corrected chi connectivity index (χ0v) is 10.9. The lowest BCUT2D eigenvalue weighted by molar-refractivity contribution is 0.213. The third kappa shape index (κ3) is 3.09. The molecule has 3 nitrogen and oxygen atoms in total. The standard InChI is InChI=1S/C15H16FNO2/c1-3-19-12-7-11(8-17-9-12)15(18)13-5-4-10(2)6-14(13)16/h4-9,15,18H,3H2,1-2H3. The molecule has 1 aromatic carbocycles. The van der Waals surface area contributed by atoms with Crippen LogP contribution in [-0.4, -0.2) is 16.7 Å². The van der Waals surface area contributed by atoms with Crippen LogP contribution >= 0.6 is 0 Å². The Morgan fingerprint density at radius 3 is 2.79 bits per heavy atom. The van der Waals surface area contributed by atoms with Crippen LogP contribution in [0.5, 0.6) is 5.75 Å². The van der Waals surface area contributed by atoms with Crippen molar-refractivity contribution >= 4 is 0 Å². The van der Waals surface area contributed by atoms with Crippen molar-refractivity contribution in [1.82, 2.24) is 4.98 Å². The minimum absolute atomic E-state index is 0.237. The van der Waals surface area contributed by atoms with Gasteiger partial charge in [0, 0.05) is 17.3 Å². The van der Waals surface area contributed by atoms with E-state index >= 15 is 0 Å². The predicted octanol–water partition coefficient (Wildman–Crippen LogP) is 3.01. The van der Waals surface area contributed by atoms with Crippen LogP contribution in [0.15, 0.2) is 36.7 Å². The molecule has 0 bridgehead atoms. The lowest BCUT2D eigenvalue weighted by Gasteiger charge is -2.13. The van der Waals surface area contributed by atoms with Gasteiger partial charge in [0.25, 0.3) is 0 Å². The SMILES string of the molecule is CCOc1cncc(C(O)c2ccc(C)cc2F)c1. The van der Waals surface area contributed by atoms with Gasteiger partial charge in [-0.1, -0.05) is 12.1 Å². The highest BCUT2D eigenvalue weighted by Gasteiger charge is 2.16. The predicted molar refractivity (Wildman–Crippen MR) is 70.6 cm³/mol. The van der Waals surface area contributed by atoms with Crippen LogP contribution in [0.25, 0.3) is 0 Å². The summed E-state index contributed by atoms with van der Waals surface area (Å²) in [6, 6.07) is 6.42. The number of pyridine rings is 1. The number of rotatable bonds is 4. The molecule has 0 saturated heterocycles. The number of ether oxygens (including phenoxy) is 1. The molecule has 0 fully saturated rings. The molecule has 0 spiro atoms. The van der Waals surface area contributed by atoms with Crippen molar-refractivity contribution in [2.45, 2.75) is 20.0 Å².